The number of hydrogen-bond acceptors (Lipinski definition) is 3. The van der Waals surface area contributed by atoms with Crippen LogP contribution in [-0.2, 0) is 11.3 Å². The van der Waals surface area contributed by atoms with Crippen molar-refractivity contribution in [2.75, 3.05) is 11.9 Å². The van der Waals surface area contributed by atoms with Crippen molar-refractivity contribution in [1.82, 2.24) is 5.32 Å². The summed E-state index contributed by atoms with van der Waals surface area (Å²) in [5, 5.41) is 6.03. The molecule has 0 heterocycles. The molecule has 0 atom stereocenters. The van der Waals surface area contributed by atoms with Crippen LogP contribution in [0.2, 0.25) is 5.02 Å². The Kier molecular flexibility index (Phi) is 6.81. The molecule has 0 unspecified atom stereocenters. The van der Waals surface area contributed by atoms with E-state index in [1.807, 2.05) is 12.1 Å². The lowest BCUT2D eigenvalue weighted by atomic mass is 10.1. The summed E-state index contributed by atoms with van der Waals surface area (Å²) in [5.74, 6) is -0.851. The summed E-state index contributed by atoms with van der Waals surface area (Å²) in [4.78, 5) is 24.6. The Labute approximate surface area is 172 Å². The van der Waals surface area contributed by atoms with E-state index in [1.54, 1.807) is 36.4 Å². The van der Waals surface area contributed by atoms with E-state index in [0.717, 1.165) is 5.56 Å². The van der Waals surface area contributed by atoms with E-state index in [2.05, 4.69) is 10.6 Å². The minimum Gasteiger partial charge on any atom is -0.483 e. The lowest BCUT2D eigenvalue weighted by Gasteiger charge is -2.12. The molecular weight excluding hydrogens is 395 g/mol. The molecule has 2 N–H and O–H groups in total. The van der Waals surface area contributed by atoms with Gasteiger partial charge in [-0.15, -0.1) is 0 Å². The smallest absolute Gasteiger partial charge is 0.262 e. The zero-order valence-electron chi connectivity index (χ0n) is 15.3. The number of anilines is 1. The first-order valence-electron chi connectivity index (χ1n) is 8.81. The third kappa shape index (κ3) is 6.05. The average molecular weight is 413 g/mol. The van der Waals surface area contributed by atoms with E-state index >= 15 is 0 Å². The van der Waals surface area contributed by atoms with Crippen molar-refractivity contribution in [3.05, 3.63) is 94.8 Å². The van der Waals surface area contributed by atoms with Crippen molar-refractivity contribution >= 4 is 29.1 Å². The van der Waals surface area contributed by atoms with E-state index in [-0.39, 0.29) is 18.3 Å². The maximum absolute atomic E-state index is 12.9. The van der Waals surface area contributed by atoms with Gasteiger partial charge in [-0.25, -0.2) is 4.39 Å². The number of rotatable bonds is 7. The lowest BCUT2D eigenvalue weighted by molar-refractivity contribution is -0.118. The van der Waals surface area contributed by atoms with Crippen LogP contribution >= 0.6 is 11.6 Å². The highest BCUT2D eigenvalue weighted by molar-refractivity contribution is 6.30. The fourth-order valence-corrected chi connectivity index (χ4v) is 2.66. The molecule has 7 heteroatoms. The molecule has 0 spiro atoms. The zero-order valence-corrected chi connectivity index (χ0v) is 16.1. The molecule has 3 aromatic carbocycles. The molecule has 0 aromatic heterocycles. The van der Waals surface area contributed by atoms with Gasteiger partial charge in [0.05, 0.1) is 5.56 Å². The first kappa shape index (κ1) is 20.4. The molecule has 29 heavy (non-hydrogen) atoms. The van der Waals surface area contributed by atoms with Gasteiger partial charge in [-0.3, -0.25) is 9.59 Å². The van der Waals surface area contributed by atoms with Crippen molar-refractivity contribution in [2.45, 2.75) is 6.54 Å². The van der Waals surface area contributed by atoms with Gasteiger partial charge >= 0.3 is 0 Å². The SMILES string of the molecule is O=C(COc1ccccc1C(=O)NCc1ccc(Cl)cc1)Nc1ccc(F)cc1. The van der Waals surface area contributed by atoms with Gasteiger partial charge in [0.15, 0.2) is 6.61 Å². The van der Waals surface area contributed by atoms with Crippen molar-refractivity contribution in [3.63, 3.8) is 0 Å². The van der Waals surface area contributed by atoms with Crippen LogP contribution in [0.1, 0.15) is 15.9 Å². The Morgan fingerprint density at radius 3 is 2.34 bits per heavy atom. The molecule has 0 bridgehead atoms. The lowest BCUT2D eigenvalue weighted by Crippen LogP contribution is -2.25. The van der Waals surface area contributed by atoms with Crippen LogP contribution in [0.15, 0.2) is 72.8 Å². The van der Waals surface area contributed by atoms with Gasteiger partial charge in [-0.2, -0.15) is 0 Å². The van der Waals surface area contributed by atoms with Gasteiger partial charge in [-0.05, 0) is 54.1 Å². The molecule has 0 radical (unpaired) electrons. The van der Waals surface area contributed by atoms with Crippen LogP contribution in [0.4, 0.5) is 10.1 Å². The van der Waals surface area contributed by atoms with Gasteiger partial charge in [0.2, 0.25) is 0 Å². The van der Waals surface area contributed by atoms with Crippen molar-refractivity contribution in [1.29, 1.82) is 0 Å². The monoisotopic (exact) mass is 412 g/mol. The molecule has 0 saturated carbocycles. The Bertz CT molecular complexity index is 992. The molecule has 3 aromatic rings. The molecule has 0 fully saturated rings. The molecule has 2 amide bonds. The van der Waals surface area contributed by atoms with Crippen molar-refractivity contribution < 1.29 is 18.7 Å². The second-order valence-electron chi connectivity index (χ2n) is 6.15. The van der Waals surface area contributed by atoms with Crippen LogP contribution in [0, 0.1) is 5.82 Å². The van der Waals surface area contributed by atoms with Gasteiger partial charge < -0.3 is 15.4 Å². The summed E-state index contributed by atoms with van der Waals surface area (Å²) in [6.45, 7) is 0.0360. The van der Waals surface area contributed by atoms with Crippen LogP contribution in [-0.4, -0.2) is 18.4 Å². The Morgan fingerprint density at radius 1 is 0.931 bits per heavy atom. The number of hydrogen-bond donors (Lipinski definition) is 2. The molecular formula is C22H18ClFN2O3. The van der Waals surface area contributed by atoms with Crippen LogP contribution in [0.25, 0.3) is 0 Å². The Hall–Kier alpha value is -3.38. The fraction of sp³-hybridized carbons (Fsp3) is 0.0909. The highest BCUT2D eigenvalue weighted by atomic mass is 35.5. The largest absolute Gasteiger partial charge is 0.483 e. The van der Waals surface area contributed by atoms with E-state index < -0.39 is 11.7 Å². The molecule has 3 rings (SSSR count). The highest BCUT2D eigenvalue weighted by Crippen LogP contribution is 2.18. The minimum atomic E-state index is -0.423. The van der Waals surface area contributed by atoms with Gasteiger partial charge in [-0.1, -0.05) is 35.9 Å². The number of carbonyl (C=O) groups is 2. The second-order valence-corrected chi connectivity index (χ2v) is 6.59. The zero-order chi connectivity index (χ0) is 20.6. The number of benzene rings is 3. The number of para-hydroxylation sites is 1. The van der Waals surface area contributed by atoms with Crippen LogP contribution in [0.5, 0.6) is 5.75 Å². The summed E-state index contributed by atoms with van der Waals surface area (Å²) in [6.07, 6.45) is 0. The van der Waals surface area contributed by atoms with Gasteiger partial charge in [0.25, 0.3) is 11.8 Å². The van der Waals surface area contributed by atoms with E-state index in [9.17, 15) is 14.0 Å². The summed E-state index contributed by atoms with van der Waals surface area (Å²) >= 11 is 5.86. The van der Waals surface area contributed by atoms with Crippen molar-refractivity contribution in [2.24, 2.45) is 0 Å². The van der Waals surface area contributed by atoms with E-state index in [0.29, 0.717) is 22.8 Å². The number of halogens is 2. The number of nitrogens with one attached hydrogen (secondary N) is 2. The van der Waals surface area contributed by atoms with Crippen molar-refractivity contribution in [3.8, 4) is 5.75 Å². The summed E-state index contributed by atoms with van der Waals surface area (Å²) in [6, 6.07) is 19.2. The van der Waals surface area contributed by atoms with E-state index in [1.165, 1.54) is 24.3 Å². The molecule has 0 aliphatic rings. The third-order valence-electron chi connectivity index (χ3n) is 3.98. The average Bonchev–Trinajstić information content (AvgIpc) is 2.73. The molecule has 148 valence electrons. The molecule has 0 aliphatic carbocycles. The normalized spacial score (nSPS) is 10.3. The van der Waals surface area contributed by atoms with E-state index in [4.69, 9.17) is 16.3 Å². The number of ether oxygens (including phenoxy) is 1. The topological polar surface area (TPSA) is 67.4 Å². The quantitative estimate of drug-likeness (QED) is 0.603. The Balaban J connectivity index is 1.57. The first-order valence-corrected chi connectivity index (χ1v) is 9.19. The van der Waals surface area contributed by atoms with Gasteiger partial charge in [0.1, 0.15) is 11.6 Å². The molecule has 0 aliphatic heterocycles. The standard InChI is InChI=1S/C22H18ClFN2O3/c23-16-7-5-15(6-8-16)13-25-22(28)19-3-1-2-4-20(19)29-14-21(27)26-18-11-9-17(24)10-12-18/h1-12H,13-14H2,(H,25,28)(H,26,27). The van der Waals surface area contributed by atoms with Crippen LogP contribution < -0.4 is 15.4 Å². The predicted octanol–water partition coefficient (Wildman–Crippen LogP) is 4.43. The fourth-order valence-electron chi connectivity index (χ4n) is 2.53. The Morgan fingerprint density at radius 2 is 1.62 bits per heavy atom. The first-order chi connectivity index (χ1) is 14.0. The summed E-state index contributed by atoms with van der Waals surface area (Å²) in [7, 11) is 0. The molecule has 5 nitrogen and oxygen atoms in total. The van der Waals surface area contributed by atoms with Crippen LogP contribution in [0.3, 0.4) is 0 Å². The second kappa shape index (κ2) is 9.71. The third-order valence-corrected chi connectivity index (χ3v) is 4.24. The number of carbonyl (C=O) groups excluding carboxylic acids is 2. The predicted molar refractivity (Wildman–Crippen MR) is 110 cm³/mol. The maximum atomic E-state index is 12.9. The minimum absolute atomic E-state index is 0.287. The maximum Gasteiger partial charge on any atom is 0.262 e. The summed E-state index contributed by atoms with van der Waals surface area (Å²) < 4.78 is 18.4. The summed E-state index contributed by atoms with van der Waals surface area (Å²) in [5.41, 5.74) is 1.67. The highest BCUT2D eigenvalue weighted by Gasteiger charge is 2.13. The van der Waals surface area contributed by atoms with Gasteiger partial charge in [0, 0.05) is 17.3 Å². The molecule has 0 saturated heterocycles. The number of amides is 2.